The van der Waals surface area contributed by atoms with E-state index in [-0.39, 0.29) is 5.92 Å². The monoisotopic (exact) mass is 152 g/mol. The number of carbonyl (C=O) groups is 1. The number of hydrogen-bond acceptors (Lipinski definition) is 1. The van der Waals surface area contributed by atoms with Crippen molar-refractivity contribution in [2.75, 3.05) is 0 Å². The van der Waals surface area contributed by atoms with Gasteiger partial charge >= 0.3 is 5.97 Å². The lowest BCUT2D eigenvalue weighted by Crippen LogP contribution is -2.64. The molecule has 0 radical (unpaired) electrons. The highest BCUT2D eigenvalue weighted by molar-refractivity contribution is 5.72. The number of carboxylic acid groups (broad SMARTS) is 1. The SMILES string of the molecule is O=C(O)C1CC2C3CCC3C12. The minimum atomic E-state index is -0.545. The van der Waals surface area contributed by atoms with Crippen molar-refractivity contribution in [3.63, 3.8) is 0 Å². The van der Waals surface area contributed by atoms with Gasteiger partial charge in [0.15, 0.2) is 0 Å². The summed E-state index contributed by atoms with van der Waals surface area (Å²) in [6.07, 6.45) is 3.69. The molecule has 2 heteroatoms. The van der Waals surface area contributed by atoms with E-state index in [0.29, 0.717) is 5.92 Å². The van der Waals surface area contributed by atoms with Crippen LogP contribution in [0.15, 0.2) is 0 Å². The van der Waals surface area contributed by atoms with Crippen molar-refractivity contribution in [2.24, 2.45) is 29.6 Å². The first-order chi connectivity index (χ1) is 5.29. The van der Waals surface area contributed by atoms with E-state index in [1.54, 1.807) is 0 Å². The third kappa shape index (κ3) is 0.501. The maximum atomic E-state index is 10.6. The van der Waals surface area contributed by atoms with Crippen LogP contribution in [0.2, 0.25) is 0 Å². The zero-order valence-electron chi connectivity index (χ0n) is 6.36. The minimum Gasteiger partial charge on any atom is -0.481 e. The Kier molecular flexibility index (Phi) is 0.890. The fourth-order valence-electron chi connectivity index (χ4n) is 3.47. The Hall–Kier alpha value is -0.530. The lowest BCUT2D eigenvalue weighted by atomic mass is 9.36. The lowest BCUT2D eigenvalue weighted by Gasteiger charge is -2.68. The van der Waals surface area contributed by atoms with Crippen LogP contribution in [0.4, 0.5) is 0 Å². The summed E-state index contributed by atoms with van der Waals surface area (Å²) < 4.78 is 0. The van der Waals surface area contributed by atoms with Gasteiger partial charge in [0.1, 0.15) is 0 Å². The molecule has 0 aliphatic heterocycles. The maximum absolute atomic E-state index is 10.6. The van der Waals surface area contributed by atoms with Gasteiger partial charge in [-0.1, -0.05) is 0 Å². The Bertz CT molecular complexity index is 218. The fraction of sp³-hybridized carbons (Fsp3) is 0.889. The summed E-state index contributed by atoms with van der Waals surface area (Å²) in [7, 11) is 0. The molecule has 2 nitrogen and oxygen atoms in total. The summed E-state index contributed by atoms with van der Waals surface area (Å²) in [5.74, 6) is 2.71. The summed E-state index contributed by atoms with van der Waals surface area (Å²) in [5, 5.41) is 8.78. The van der Waals surface area contributed by atoms with Gasteiger partial charge in [0.25, 0.3) is 0 Å². The summed E-state index contributed by atoms with van der Waals surface area (Å²) in [6.45, 7) is 0. The Morgan fingerprint density at radius 3 is 2.36 bits per heavy atom. The van der Waals surface area contributed by atoms with E-state index in [9.17, 15) is 4.79 Å². The van der Waals surface area contributed by atoms with Crippen LogP contribution >= 0.6 is 0 Å². The molecule has 3 saturated carbocycles. The molecule has 0 bridgehead atoms. The molecule has 0 saturated heterocycles. The van der Waals surface area contributed by atoms with Crippen molar-refractivity contribution in [1.82, 2.24) is 0 Å². The number of carboxylic acids is 1. The van der Waals surface area contributed by atoms with E-state index in [4.69, 9.17) is 5.11 Å². The Morgan fingerprint density at radius 2 is 1.91 bits per heavy atom. The van der Waals surface area contributed by atoms with Crippen LogP contribution in [-0.4, -0.2) is 11.1 Å². The number of aliphatic carboxylic acids is 1. The van der Waals surface area contributed by atoms with Gasteiger partial charge in [0.2, 0.25) is 0 Å². The molecule has 5 atom stereocenters. The standard InChI is InChI=1S/C9H12O2/c10-9(11)7-3-6-4-1-2-5(4)8(6)7/h4-8H,1-3H2,(H,10,11). The molecule has 3 aliphatic rings. The largest absolute Gasteiger partial charge is 0.481 e. The summed E-state index contributed by atoms with van der Waals surface area (Å²) in [5.41, 5.74) is 0. The van der Waals surface area contributed by atoms with Crippen LogP contribution < -0.4 is 0 Å². The van der Waals surface area contributed by atoms with Crippen molar-refractivity contribution in [1.29, 1.82) is 0 Å². The van der Waals surface area contributed by atoms with Gasteiger partial charge in [0.05, 0.1) is 5.92 Å². The predicted molar refractivity (Wildman–Crippen MR) is 38.9 cm³/mol. The zero-order chi connectivity index (χ0) is 7.59. The van der Waals surface area contributed by atoms with Gasteiger partial charge in [-0.05, 0) is 42.9 Å². The van der Waals surface area contributed by atoms with Crippen molar-refractivity contribution >= 4 is 5.97 Å². The second kappa shape index (κ2) is 1.62. The molecule has 5 unspecified atom stereocenters. The van der Waals surface area contributed by atoms with Gasteiger partial charge in [-0.15, -0.1) is 0 Å². The van der Waals surface area contributed by atoms with E-state index in [1.165, 1.54) is 12.8 Å². The Morgan fingerprint density at radius 1 is 1.18 bits per heavy atom. The van der Waals surface area contributed by atoms with E-state index in [1.807, 2.05) is 0 Å². The van der Waals surface area contributed by atoms with Crippen LogP contribution in [0.5, 0.6) is 0 Å². The molecule has 3 fully saturated rings. The Balaban J connectivity index is 1.75. The second-order valence-corrected chi connectivity index (χ2v) is 4.33. The minimum absolute atomic E-state index is 0.0431. The smallest absolute Gasteiger partial charge is 0.306 e. The van der Waals surface area contributed by atoms with Gasteiger partial charge in [-0.2, -0.15) is 0 Å². The van der Waals surface area contributed by atoms with Crippen molar-refractivity contribution in [3.05, 3.63) is 0 Å². The van der Waals surface area contributed by atoms with Gasteiger partial charge in [-0.25, -0.2) is 0 Å². The van der Waals surface area contributed by atoms with Gasteiger partial charge in [-0.3, -0.25) is 4.79 Å². The topological polar surface area (TPSA) is 37.3 Å². The maximum Gasteiger partial charge on any atom is 0.306 e. The zero-order valence-corrected chi connectivity index (χ0v) is 6.36. The van der Waals surface area contributed by atoms with Gasteiger partial charge < -0.3 is 5.11 Å². The summed E-state index contributed by atoms with van der Waals surface area (Å²) in [4.78, 5) is 10.6. The first-order valence-corrected chi connectivity index (χ1v) is 4.52. The highest BCUT2D eigenvalue weighted by Crippen LogP contribution is 2.69. The molecule has 3 aliphatic carbocycles. The highest BCUT2D eigenvalue weighted by Gasteiger charge is 2.65. The average molecular weight is 152 g/mol. The summed E-state index contributed by atoms with van der Waals surface area (Å²) >= 11 is 0. The van der Waals surface area contributed by atoms with Crippen molar-refractivity contribution in [2.45, 2.75) is 19.3 Å². The fourth-order valence-corrected chi connectivity index (χ4v) is 3.47. The molecule has 0 aromatic rings. The van der Waals surface area contributed by atoms with Crippen LogP contribution in [0.25, 0.3) is 0 Å². The highest BCUT2D eigenvalue weighted by atomic mass is 16.4. The molecule has 1 N–H and O–H groups in total. The van der Waals surface area contributed by atoms with Crippen LogP contribution in [0.3, 0.4) is 0 Å². The molecular weight excluding hydrogens is 140 g/mol. The van der Waals surface area contributed by atoms with E-state index < -0.39 is 5.97 Å². The third-order valence-corrected chi connectivity index (χ3v) is 4.23. The third-order valence-electron chi connectivity index (χ3n) is 4.23. The molecule has 0 spiro atoms. The predicted octanol–water partition coefficient (Wildman–Crippen LogP) is 1.36. The molecule has 0 amide bonds. The van der Waals surface area contributed by atoms with Gasteiger partial charge in [0, 0.05) is 0 Å². The van der Waals surface area contributed by atoms with E-state index in [2.05, 4.69) is 0 Å². The van der Waals surface area contributed by atoms with Crippen LogP contribution in [0, 0.1) is 29.6 Å². The lowest BCUT2D eigenvalue weighted by molar-refractivity contribution is -0.215. The average Bonchev–Trinajstić information content (AvgIpc) is 1.88. The molecule has 3 rings (SSSR count). The summed E-state index contributed by atoms with van der Waals surface area (Å²) in [6, 6.07) is 0. The van der Waals surface area contributed by atoms with E-state index in [0.717, 1.165) is 24.2 Å². The number of fused-ring (bicyclic) bond motifs is 4. The Labute approximate surface area is 65.6 Å². The number of rotatable bonds is 1. The number of hydrogen-bond donors (Lipinski definition) is 1. The van der Waals surface area contributed by atoms with Crippen LogP contribution in [0.1, 0.15) is 19.3 Å². The molecule has 11 heavy (non-hydrogen) atoms. The van der Waals surface area contributed by atoms with Crippen molar-refractivity contribution < 1.29 is 9.90 Å². The molecular formula is C9H12O2. The normalized spacial score (nSPS) is 57.6. The molecule has 0 aromatic heterocycles. The van der Waals surface area contributed by atoms with Crippen molar-refractivity contribution in [3.8, 4) is 0 Å². The first-order valence-electron chi connectivity index (χ1n) is 4.52. The molecule has 0 aromatic carbocycles. The molecule has 60 valence electrons. The second-order valence-electron chi connectivity index (χ2n) is 4.33. The van der Waals surface area contributed by atoms with E-state index >= 15 is 0 Å². The first kappa shape index (κ1) is 6.04. The quantitative estimate of drug-likeness (QED) is 0.616. The molecule has 0 heterocycles. The van der Waals surface area contributed by atoms with Crippen LogP contribution in [-0.2, 0) is 4.79 Å².